The van der Waals surface area contributed by atoms with Crippen molar-refractivity contribution in [2.75, 3.05) is 5.32 Å². The first-order chi connectivity index (χ1) is 14.3. The average molecular weight is 466 g/mol. The molecular weight excluding hydrogens is 449 g/mol. The molecule has 1 aromatic carbocycles. The summed E-state index contributed by atoms with van der Waals surface area (Å²) in [7, 11) is 0. The lowest BCUT2D eigenvalue weighted by Gasteiger charge is -2.14. The molecule has 2 aromatic heterocycles. The Labute approximate surface area is 185 Å². The van der Waals surface area contributed by atoms with Gasteiger partial charge in [-0.25, -0.2) is 9.78 Å². The van der Waals surface area contributed by atoms with E-state index in [2.05, 4.69) is 10.3 Å². The summed E-state index contributed by atoms with van der Waals surface area (Å²) in [4.78, 5) is 43.2. The van der Waals surface area contributed by atoms with E-state index in [9.17, 15) is 14.4 Å². The minimum Gasteiger partial charge on any atom is -0.448 e. The number of fused-ring (bicyclic) bond motifs is 2. The summed E-state index contributed by atoms with van der Waals surface area (Å²) in [5.41, 5.74) is 0.746. The largest absolute Gasteiger partial charge is 0.448 e. The van der Waals surface area contributed by atoms with Crippen molar-refractivity contribution in [1.29, 1.82) is 0 Å². The Morgan fingerprint density at radius 3 is 2.83 bits per heavy atom. The van der Waals surface area contributed by atoms with Crippen LogP contribution in [0.25, 0.3) is 10.2 Å². The molecule has 156 valence electrons. The molecule has 4 rings (SSSR count). The number of carbonyl (C=O) groups is 2. The van der Waals surface area contributed by atoms with Crippen LogP contribution in [0.5, 0.6) is 0 Å². The van der Waals surface area contributed by atoms with Crippen LogP contribution in [0.2, 0.25) is 10.0 Å². The van der Waals surface area contributed by atoms with Gasteiger partial charge in [0, 0.05) is 18.0 Å². The number of nitrogens with zero attached hydrogens (tertiary/aromatic N) is 2. The lowest BCUT2D eigenvalue weighted by Crippen LogP contribution is -2.30. The molecular formula is C20H17Cl2N3O4S. The quantitative estimate of drug-likeness (QED) is 0.582. The van der Waals surface area contributed by atoms with Crippen LogP contribution in [0.1, 0.15) is 34.4 Å². The number of hydrogen-bond acceptors (Lipinski definition) is 6. The number of amides is 1. The Balaban J connectivity index is 1.54. The van der Waals surface area contributed by atoms with E-state index in [1.165, 1.54) is 13.0 Å². The van der Waals surface area contributed by atoms with Crippen LogP contribution < -0.4 is 10.9 Å². The molecule has 1 atom stereocenters. The molecule has 1 N–H and O–H groups in total. The van der Waals surface area contributed by atoms with Gasteiger partial charge in [0.25, 0.3) is 11.5 Å². The predicted molar refractivity (Wildman–Crippen MR) is 117 cm³/mol. The van der Waals surface area contributed by atoms with Crippen molar-refractivity contribution in [2.45, 2.75) is 39.3 Å². The van der Waals surface area contributed by atoms with Crippen molar-refractivity contribution in [2.24, 2.45) is 0 Å². The standard InChI is InChI=1S/C20H17Cl2N3O4S/c1-9-15-18(24-14-4-3-7-25(14)19(15)27)30-16(9)20(28)29-10(2)17(26)23-13-6-5-11(21)8-12(13)22/h5-6,8,10H,3-4,7H2,1-2H3,(H,23,26). The number of aryl methyl sites for hydroxylation is 2. The molecule has 0 fully saturated rings. The highest BCUT2D eigenvalue weighted by Gasteiger charge is 2.26. The Morgan fingerprint density at radius 2 is 2.10 bits per heavy atom. The topological polar surface area (TPSA) is 90.3 Å². The summed E-state index contributed by atoms with van der Waals surface area (Å²) in [6.07, 6.45) is 0.553. The number of thiophene rings is 1. The zero-order chi connectivity index (χ0) is 21.6. The number of nitrogens with one attached hydrogen (secondary N) is 1. The number of anilines is 1. The van der Waals surface area contributed by atoms with Crippen molar-refractivity contribution in [3.63, 3.8) is 0 Å². The monoisotopic (exact) mass is 465 g/mol. The minimum atomic E-state index is -1.08. The molecule has 0 bridgehead atoms. The van der Waals surface area contributed by atoms with E-state index >= 15 is 0 Å². The van der Waals surface area contributed by atoms with Gasteiger partial charge in [-0.2, -0.15) is 0 Å². The number of hydrogen-bond donors (Lipinski definition) is 1. The SMILES string of the molecule is Cc1c(C(=O)OC(C)C(=O)Nc2ccc(Cl)cc2Cl)sc2nc3n(c(=O)c12)CCC3. The van der Waals surface area contributed by atoms with Crippen LogP contribution in [0.3, 0.4) is 0 Å². The Kier molecular flexibility index (Phi) is 5.57. The number of aromatic nitrogens is 2. The third kappa shape index (κ3) is 3.71. The first-order valence-corrected chi connectivity index (χ1v) is 10.8. The molecule has 3 aromatic rings. The molecule has 0 aliphatic carbocycles. The van der Waals surface area contributed by atoms with Gasteiger partial charge in [0.05, 0.1) is 16.1 Å². The fourth-order valence-electron chi connectivity index (χ4n) is 3.36. The van der Waals surface area contributed by atoms with Crippen molar-refractivity contribution >= 4 is 62.3 Å². The first kappa shape index (κ1) is 20.8. The van der Waals surface area contributed by atoms with E-state index in [0.717, 1.165) is 30.0 Å². The van der Waals surface area contributed by atoms with Crippen molar-refractivity contribution in [3.05, 3.63) is 54.9 Å². The van der Waals surface area contributed by atoms with E-state index in [1.807, 2.05) is 0 Å². The highest BCUT2D eigenvalue weighted by Crippen LogP contribution is 2.30. The zero-order valence-corrected chi connectivity index (χ0v) is 18.5. The molecule has 0 radical (unpaired) electrons. The second-order valence-electron chi connectivity index (χ2n) is 6.99. The van der Waals surface area contributed by atoms with Gasteiger partial charge in [-0.05, 0) is 44.0 Å². The minimum absolute atomic E-state index is 0.136. The second kappa shape index (κ2) is 8.02. The first-order valence-electron chi connectivity index (χ1n) is 9.26. The van der Waals surface area contributed by atoms with E-state index < -0.39 is 18.0 Å². The van der Waals surface area contributed by atoms with Crippen LogP contribution >= 0.6 is 34.5 Å². The molecule has 1 aliphatic rings. The maximum absolute atomic E-state index is 12.8. The molecule has 7 nitrogen and oxygen atoms in total. The normalized spacial score (nSPS) is 13.9. The smallest absolute Gasteiger partial charge is 0.349 e. The van der Waals surface area contributed by atoms with Crippen molar-refractivity contribution < 1.29 is 14.3 Å². The van der Waals surface area contributed by atoms with Gasteiger partial charge in [-0.15, -0.1) is 11.3 Å². The molecule has 3 heterocycles. The van der Waals surface area contributed by atoms with Gasteiger partial charge >= 0.3 is 5.97 Å². The fraction of sp³-hybridized carbons (Fsp3) is 0.300. The Morgan fingerprint density at radius 1 is 1.33 bits per heavy atom. The summed E-state index contributed by atoms with van der Waals surface area (Å²) in [6.45, 7) is 3.79. The predicted octanol–water partition coefficient (Wildman–Crippen LogP) is 4.20. The van der Waals surface area contributed by atoms with E-state index in [1.54, 1.807) is 23.6 Å². The van der Waals surface area contributed by atoms with Gasteiger partial charge in [0.15, 0.2) is 6.10 Å². The molecule has 0 spiro atoms. The van der Waals surface area contributed by atoms with Crippen molar-refractivity contribution in [1.82, 2.24) is 9.55 Å². The molecule has 30 heavy (non-hydrogen) atoms. The highest BCUT2D eigenvalue weighted by molar-refractivity contribution is 7.20. The van der Waals surface area contributed by atoms with Gasteiger partial charge in [0.1, 0.15) is 15.5 Å². The molecule has 0 saturated heterocycles. The summed E-state index contributed by atoms with van der Waals surface area (Å²) >= 11 is 13.0. The average Bonchev–Trinajstić information content (AvgIpc) is 3.29. The molecule has 1 aliphatic heterocycles. The highest BCUT2D eigenvalue weighted by atomic mass is 35.5. The number of rotatable bonds is 4. The van der Waals surface area contributed by atoms with Gasteiger partial charge in [0.2, 0.25) is 0 Å². The van der Waals surface area contributed by atoms with Crippen LogP contribution in [0.4, 0.5) is 5.69 Å². The number of carbonyl (C=O) groups excluding carboxylic acids is 2. The third-order valence-corrected chi connectivity index (χ3v) is 6.65. The number of esters is 1. The van der Waals surface area contributed by atoms with E-state index in [0.29, 0.717) is 33.0 Å². The molecule has 0 saturated carbocycles. The maximum atomic E-state index is 12.8. The number of ether oxygens (including phenoxy) is 1. The summed E-state index contributed by atoms with van der Waals surface area (Å²) in [6, 6.07) is 4.65. The Hall–Kier alpha value is -2.42. The summed E-state index contributed by atoms with van der Waals surface area (Å²) in [5.74, 6) is -0.477. The maximum Gasteiger partial charge on any atom is 0.349 e. The van der Waals surface area contributed by atoms with Crippen LogP contribution in [0.15, 0.2) is 23.0 Å². The summed E-state index contributed by atoms with van der Waals surface area (Å²) in [5, 5.41) is 3.75. The molecule has 10 heteroatoms. The van der Waals surface area contributed by atoms with Crippen LogP contribution in [0, 0.1) is 6.92 Å². The van der Waals surface area contributed by atoms with Crippen LogP contribution in [-0.2, 0) is 22.5 Å². The molecule has 1 unspecified atom stereocenters. The zero-order valence-electron chi connectivity index (χ0n) is 16.1. The van der Waals surface area contributed by atoms with Crippen molar-refractivity contribution in [3.8, 4) is 0 Å². The lowest BCUT2D eigenvalue weighted by molar-refractivity contribution is -0.123. The van der Waals surface area contributed by atoms with Gasteiger partial charge in [-0.3, -0.25) is 14.2 Å². The third-order valence-electron chi connectivity index (χ3n) is 4.94. The lowest BCUT2D eigenvalue weighted by atomic mass is 10.2. The van der Waals surface area contributed by atoms with Gasteiger partial charge < -0.3 is 10.1 Å². The number of halogens is 2. The van der Waals surface area contributed by atoms with E-state index in [-0.39, 0.29) is 15.5 Å². The summed E-state index contributed by atoms with van der Waals surface area (Å²) < 4.78 is 6.99. The second-order valence-corrected chi connectivity index (χ2v) is 8.83. The fourth-order valence-corrected chi connectivity index (χ4v) is 4.89. The molecule has 1 amide bonds. The van der Waals surface area contributed by atoms with Crippen LogP contribution in [-0.4, -0.2) is 27.5 Å². The number of benzene rings is 1. The van der Waals surface area contributed by atoms with E-state index in [4.69, 9.17) is 27.9 Å². The Bertz CT molecular complexity index is 1250. The van der Waals surface area contributed by atoms with Gasteiger partial charge in [-0.1, -0.05) is 23.2 Å².